The molecule has 3 heterocycles. The summed E-state index contributed by atoms with van der Waals surface area (Å²) < 4.78 is 19.5. The number of allylic oxidation sites excluding steroid dienone is 6. The van der Waals surface area contributed by atoms with E-state index in [2.05, 4.69) is 130 Å². The van der Waals surface area contributed by atoms with Gasteiger partial charge in [0.05, 0.1) is 30.7 Å². The van der Waals surface area contributed by atoms with E-state index in [-0.39, 0.29) is 28.5 Å². The number of unbranched alkanes of at least 4 members (excludes halogenated alkanes) is 2. The molecule has 0 N–H and O–H groups in total. The number of rotatable bonds is 16. The van der Waals surface area contributed by atoms with Crippen LogP contribution in [0.3, 0.4) is 0 Å². The third-order valence-corrected chi connectivity index (χ3v) is 10.4. The SMILES string of the molecule is C=CCCN1/C(=C/C=C/C=C/C2=[N+](CC(C)(C)C3OCCO3)c3ccccc3C2(C)C)C(C)(CCCCCC(=O)OCC)c2ccccc21. The predicted molar refractivity (Wildman–Crippen MR) is 201 cm³/mol. The third kappa shape index (κ3) is 7.86. The second kappa shape index (κ2) is 15.9. The van der Waals surface area contributed by atoms with Gasteiger partial charge in [-0.05, 0) is 78.5 Å². The van der Waals surface area contributed by atoms with Gasteiger partial charge in [0, 0.05) is 47.5 Å². The van der Waals surface area contributed by atoms with Gasteiger partial charge in [-0.2, -0.15) is 4.58 Å². The highest BCUT2D eigenvalue weighted by atomic mass is 16.7. The molecule has 0 spiro atoms. The lowest BCUT2D eigenvalue weighted by molar-refractivity contribution is -0.463. The van der Waals surface area contributed by atoms with E-state index in [0.29, 0.717) is 26.2 Å². The van der Waals surface area contributed by atoms with Crippen LogP contribution in [0.4, 0.5) is 11.4 Å². The van der Waals surface area contributed by atoms with Gasteiger partial charge in [0.2, 0.25) is 5.69 Å². The van der Waals surface area contributed by atoms with Gasteiger partial charge in [-0.15, -0.1) is 6.58 Å². The molecule has 2 aromatic carbocycles. The smallest absolute Gasteiger partial charge is 0.305 e. The van der Waals surface area contributed by atoms with Crippen LogP contribution in [0, 0.1) is 5.41 Å². The van der Waals surface area contributed by atoms with Crippen LogP contribution in [0.25, 0.3) is 0 Å². The molecule has 49 heavy (non-hydrogen) atoms. The average molecular weight is 666 g/mol. The van der Waals surface area contributed by atoms with Crippen LogP contribution in [0.5, 0.6) is 0 Å². The molecule has 3 aliphatic heterocycles. The standard InChI is InChI=1S/C43H57N2O4/c1-8-10-29-44-36-24-19-17-22-34(36)43(7,28-20-12-15-27-39(46)47-9-2)38(44)26-14-11-13-25-37-42(5,6)33-21-16-18-23-35(33)45(37)32-41(3,4)40-48-30-31-49-40/h8,11,13-14,16-19,21-26,40H,1,9-10,12,15,20,27-32H2,2-7H3/q+1. The molecule has 3 aliphatic rings. The molecule has 5 rings (SSSR count). The van der Waals surface area contributed by atoms with Gasteiger partial charge >= 0.3 is 5.97 Å². The number of anilines is 1. The summed E-state index contributed by atoms with van der Waals surface area (Å²) in [5.74, 6) is -0.0963. The topological polar surface area (TPSA) is 51.0 Å². The lowest BCUT2D eigenvalue weighted by atomic mass is 9.77. The van der Waals surface area contributed by atoms with Crippen LogP contribution < -0.4 is 4.90 Å². The number of nitrogens with zero attached hydrogens (tertiary/aromatic N) is 2. The van der Waals surface area contributed by atoms with Crippen molar-refractivity contribution >= 4 is 23.1 Å². The minimum atomic E-state index is -0.216. The van der Waals surface area contributed by atoms with Crippen molar-refractivity contribution in [1.82, 2.24) is 0 Å². The van der Waals surface area contributed by atoms with Crippen molar-refractivity contribution in [2.24, 2.45) is 5.41 Å². The van der Waals surface area contributed by atoms with Crippen LogP contribution in [-0.2, 0) is 29.8 Å². The lowest BCUT2D eigenvalue weighted by Crippen LogP contribution is -2.39. The molecule has 1 unspecified atom stereocenters. The van der Waals surface area contributed by atoms with E-state index in [1.807, 2.05) is 13.0 Å². The molecule has 0 amide bonds. The maximum Gasteiger partial charge on any atom is 0.305 e. The minimum absolute atomic E-state index is 0.0963. The van der Waals surface area contributed by atoms with Gasteiger partial charge < -0.3 is 19.1 Å². The summed E-state index contributed by atoms with van der Waals surface area (Å²) >= 11 is 0. The summed E-state index contributed by atoms with van der Waals surface area (Å²) in [7, 11) is 0. The van der Waals surface area contributed by atoms with Crippen LogP contribution in [0.15, 0.2) is 97.3 Å². The van der Waals surface area contributed by atoms with Gasteiger partial charge in [0.1, 0.15) is 0 Å². The summed E-state index contributed by atoms with van der Waals surface area (Å²) in [6.07, 6.45) is 18.2. The van der Waals surface area contributed by atoms with Crippen LogP contribution in [0.2, 0.25) is 0 Å². The van der Waals surface area contributed by atoms with Gasteiger partial charge in [0.25, 0.3) is 0 Å². The largest absolute Gasteiger partial charge is 0.466 e. The monoisotopic (exact) mass is 665 g/mol. The minimum Gasteiger partial charge on any atom is -0.466 e. The van der Waals surface area contributed by atoms with Crippen molar-refractivity contribution < 1.29 is 23.6 Å². The Morgan fingerprint density at radius 3 is 2.45 bits per heavy atom. The van der Waals surface area contributed by atoms with Crippen molar-refractivity contribution in [3.05, 3.63) is 108 Å². The molecule has 6 nitrogen and oxygen atoms in total. The molecule has 262 valence electrons. The maximum absolute atomic E-state index is 11.9. The first-order valence-corrected chi connectivity index (χ1v) is 18.2. The summed E-state index contributed by atoms with van der Waals surface area (Å²) in [4.78, 5) is 14.4. The zero-order valence-corrected chi connectivity index (χ0v) is 30.7. The first-order valence-electron chi connectivity index (χ1n) is 18.2. The van der Waals surface area contributed by atoms with Crippen LogP contribution >= 0.6 is 0 Å². The van der Waals surface area contributed by atoms with Crippen molar-refractivity contribution in [3.8, 4) is 0 Å². The Morgan fingerprint density at radius 2 is 1.71 bits per heavy atom. The zero-order chi connectivity index (χ0) is 35.1. The fourth-order valence-electron chi connectivity index (χ4n) is 7.86. The molecule has 0 saturated carbocycles. The van der Waals surface area contributed by atoms with E-state index >= 15 is 0 Å². The molecule has 0 aromatic heterocycles. The molecular formula is C43H57N2O4+. The highest BCUT2D eigenvalue weighted by Crippen LogP contribution is 2.50. The molecule has 1 atom stereocenters. The number of benzene rings is 2. The molecule has 1 fully saturated rings. The molecule has 2 aromatic rings. The van der Waals surface area contributed by atoms with Crippen LogP contribution in [0.1, 0.15) is 91.2 Å². The first kappa shape index (κ1) is 36.5. The van der Waals surface area contributed by atoms with Crippen LogP contribution in [-0.4, -0.2) is 55.5 Å². The number of carbonyl (C=O) groups excluding carboxylic acids is 1. The normalized spacial score (nSPS) is 21.3. The molecule has 6 heteroatoms. The lowest BCUT2D eigenvalue weighted by Gasteiger charge is -2.30. The number of carbonyl (C=O) groups is 1. The number of hydrogen-bond donors (Lipinski definition) is 0. The van der Waals surface area contributed by atoms with E-state index in [9.17, 15) is 4.79 Å². The van der Waals surface area contributed by atoms with Gasteiger partial charge in [0.15, 0.2) is 18.5 Å². The predicted octanol–water partition coefficient (Wildman–Crippen LogP) is 9.33. The number of para-hydroxylation sites is 2. The molecule has 0 radical (unpaired) electrons. The number of ether oxygens (including phenoxy) is 3. The quantitative estimate of drug-likeness (QED) is 0.0588. The zero-order valence-electron chi connectivity index (χ0n) is 30.7. The van der Waals surface area contributed by atoms with Crippen molar-refractivity contribution in [2.45, 2.75) is 97.2 Å². The molecular weight excluding hydrogens is 608 g/mol. The second-order valence-corrected chi connectivity index (χ2v) is 14.9. The third-order valence-electron chi connectivity index (χ3n) is 10.4. The van der Waals surface area contributed by atoms with Crippen molar-refractivity contribution in [1.29, 1.82) is 0 Å². The van der Waals surface area contributed by atoms with E-state index in [0.717, 1.165) is 45.2 Å². The Kier molecular flexibility index (Phi) is 11.8. The Labute approximate surface area is 294 Å². The summed E-state index contributed by atoms with van der Waals surface area (Å²) in [5, 5.41) is 0. The Bertz CT molecular complexity index is 1610. The Hall–Kier alpha value is -3.74. The van der Waals surface area contributed by atoms with Crippen molar-refractivity contribution in [3.63, 3.8) is 0 Å². The van der Waals surface area contributed by atoms with E-state index < -0.39 is 0 Å². The highest BCUT2D eigenvalue weighted by Gasteiger charge is 2.48. The van der Waals surface area contributed by atoms with E-state index in [1.165, 1.54) is 33.9 Å². The molecule has 0 bridgehead atoms. The number of hydrogen-bond acceptors (Lipinski definition) is 5. The van der Waals surface area contributed by atoms with E-state index in [4.69, 9.17) is 14.2 Å². The summed E-state index contributed by atoms with van der Waals surface area (Å²) in [5.41, 5.74) is 7.35. The number of fused-ring (bicyclic) bond motifs is 2. The summed E-state index contributed by atoms with van der Waals surface area (Å²) in [6.45, 7) is 20.8. The van der Waals surface area contributed by atoms with Gasteiger partial charge in [-0.1, -0.05) is 73.5 Å². The fraction of sp³-hybridized carbons (Fsp3) is 0.488. The summed E-state index contributed by atoms with van der Waals surface area (Å²) in [6, 6.07) is 17.6. The molecule has 1 saturated heterocycles. The Balaban J connectivity index is 1.41. The van der Waals surface area contributed by atoms with Gasteiger partial charge in [-0.3, -0.25) is 4.79 Å². The molecule has 0 aliphatic carbocycles. The first-order chi connectivity index (χ1) is 23.5. The van der Waals surface area contributed by atoms with Crippen molar-refractivity contribution in [2.75, 3.05) is 37.8 Å². The average Bonchev–Trinajstić information content (AvgIpc) is 3.76. The Morgan fingerprint density at radius 1 is 1.00 bits per heavy atom. The highest BCUT2D eigenvalue weighted by molar-refractivity contribution is 6.03. The fourth-order valence-corrected chi connectivity index (χ4v) is 7.86. The maximum atomic E-state index is 11.9. The van der Waals surface area contributed by atoms with Gasteiger partial charge in [-0.25, -0.2) is 0 Å². The number of esters is 1. The second-order valence-electron chi connectivity index (χ2n) is 14.9. The van der Waals surface area contributed by atoms with E-state index in [1.54, 1.807) is 0 Å².